The smallest absolute Gasteiger partial charge is 0.255 e. The second kappa shape index (κ2) is 6.79. The first kappa shape index (κ1) is 15.5. The van der Waals surface area contributed by atoms with Crippen molar-refractivity contribution in [3.05, 3.63) is 59.9 Å². The molecule has 0 spiro atoms. The molecule has 0 N–H and O–H groups in total. The maximum absolute atomic E-state index is 12.7. The summed E-state index contributed by atoms with van der Waals surface area (Å²) < 4.78 is 5.49. The lowest BCUT2D eigenvalue weighted by molar-refractivity contribution is 0.0542. The third-order valence-corrected chi connectivity index (χ3v) is 4.34. The van der Waals surface area contributed by atoms with E-state index in [0.717, 1.165) is 24.4 Å². The van der Waals surface area contributed by atoms with E-state index in [1.165, 1.54) is 0 Å². The molecule has 1 aromatic carbocycles. The Morgan fingerprint density at radius 3 is 2.78 bits per heavy atom. The van der Waals surface area contributed by atoms with Gasteiger partial charge < -0.3 is 9.64 Å². The van der Waals surface area contributed by atoms with Crippen LogP contribution in [0, 0.1) is 0 Å². The molecule has 5 nitrogen and oxygen atoms in total. The van der Waals surface area contributed by atoms with Crippen LogP contribution in [0.3, 0.4) is 0 Å². The van der Waals surface area contributed by atoms with Crippen LogP contribution in [-0.2, 0) is 0 Å². The van der Waals surface area contributed by atoms with Gasteiger partial charge in [0.25, 0.3) is 5.91 Å². The number of aromatic nitrogens is 1. The number of benzene rings is 1. The second-order valence-electron chi connectivity index (χ2n) is 5.73. The highest BCUT2D eigenvalue weighted by Gasteiger charge is 2.30. The van der Waals surface area contributed by atoms with Crippen LogP contribution in [-0.4, -0.2) is 54.5 Å². The number of pyridine rings is 1. The highest BCUT2D eigenvalue weighted by molar-refractivity contribution is 5.94. The molecule has 2 heterocycles. The van der Waals surface area contributed by atoms with Gasteiger partial charge in [0.05, 0.1) is 18.7 Å². The summed E-state index contributed by atoms with van der Waals surface area (Å²) in [5.74, 6) is 0.895. The molecular weight excluding hydrogens is 290 g/mol. The summed E-state index contributed by atoms with van der Waals surface area (Å²) in [6, 6.07) is 11.7. The molecule has 3 rings (SSSR count). The van der Waals surface area contributed by atoms with Crippen LogP contribution >= 0.6 is 0 Å². The largest absolute Gasteiger partial charge is 0.496 e. The van der Waals surface area contributed by atoms with Crippen LogP contribution in [0.15, 0.2) is 48.8 Å². The number of nitrogens with zero attached hydrogens (tertiary/aromatic N) is 3. The summed E-state index contributed by atoms with van der Waals surface area (Å²) in [5, 5.41) is 0. The molecule has 2 aromatic rings. The lowest BCUT2D eigenvalue weighted by Crippen LogP contribution is -2.49. The molecular formula is C18H21N3O2. The van der Waals surface area contributed by atoms with Crippen LogP contribution in [0.1, 0.15) is 22.0 Å². The van der Waals surface area contributed by atoms with Gasteiger partial charge in [0.1, 0.15) is 5.75 Å². The number of carbonyl (C=O) groups excluding carboxylic acids is 1. The van der Waals surface area contributed by atoms with Crippen molar-refractivity contribution in [3.8, 4) is 5.75 Å². The van der Waals surface area contributed by atoms with E-state index in [0.29, 0.717) is 12.1 Å². The lowest BCUT2D eigenvalue weighted by atomic mass is 10.0. The Morgan fingerprint density at radius 2 is 2.04 bits per heavy atom. The first-order valence-electron chi connectivity index (χ1n) is 7.73. The molecule has 1 aliphatic heterocycles. The Morgan fingerprint density at radius 1 is 1.22 bits per heavy atom. The molecule has 1 amide bonds. The van der Waals surface area contributed by atoms with Crippen LogP contribution in [0.25, 0.3) is 0 Å². The number of carbonyl (C=O) groups is 1. The second-order valence-corrected chi connectivity index (χ2v) is 5.73. The van der Waals surface area contributed by atoms with Crippen molar-refractivity contribution in [1.29, 1.82) is 0 Å². The zero-order chi connectivity index (χ0) is 16.2. The number of hydrogen-bond donors (Lipinski definition) is 0. The van der Waals surface area contributed by atoms with Crippen molar-refractivity contribution in [1.82, 2.24) is 14.8 Å². The van der Waals surface area contributed by atoms with E-state index in [1.807, 2.05) is 29.2 Å². The maximum atomic E-state index is 12.7. The fraction of sp³-hybridized carbons (Fsp3) is 0.333. The van der Waals surface area contributed by atoms with Gasteiger partial charge in [-0.1, -0.05) is 18.2 Å². The third-order valence-electron chi connectivity index (χ3n) is 4.34. The van der Waals surface area contributed by atoms with Gasteiger partial charge in [-0.05, 0) is 25.2 Å². The van der Waals surface area contributed by atoms with Crippen molar-refractivity contribution in [2.45, 2.75) is 6.04 Å². The van der Waals surface area contributed by atoms with Gasteiger partial charge in [0.2, 0.25) is 0 Å². The molecule has 0 saturated carbocycles. The average Bonchev–Trinajstić information content (AvgIpc) is 2.62. The summed E-state index contributed by atoms with van der Waals surface area (Å²) >= 11 is 0. The van der Waals surface area contributed by atoms with Crippen molar-refractivity contribution in [2.24, 2.45) is 0 Å². The number of rotatable bonds is 3. The van der Waals surface area contributed by atoms with Crippen molar-refractivity contribution >= 4 is 5.91 Å². The lowest BCUT2D eigenvalue weighted by Gasteiger charge is -2.40. The SMILES string of the molecule is COc1ccccc1[C@@H]1CN(C(=O)c2cccnc2)CCN1C. The van der Waals surface area contributed by atoms with E-state index >= 15 is 0 Å². The van der Waals surface area contributed by atoms with Crippen molar-refractivity contribution in [2.75, 3.05) is 33.8 Å². The molecule has 0 unspecified atom stereocenters. The van der Waals surface area contributed by atoms with Gasteiger partial charge in [-0.2, -0.15) is 0 Å². The van der Waals surface area contributed by atoms with Crippen LogP contribution in [0.2, 0.25) is 0 Å². The Balaban J connectivity index is 1.83. The number of amides is 1. The van der Waals surface area contributed by atoms with Gasteiger partial charge >= 0.3 is 0 Å². The topological polar surface area (TPSA) is 45.7 Å². The Bertz CT molecular complexity index is 675. The van der Waals surface area contributed by atoms with Crippen molar-refractivity contribution < 1.29 is 9.53 Å². The number of ether oxygens (including phenoxy) is 1. The summed E-state index contributed by atoms with van der Waals surface area (Å²) in [6.45, 7) is 2.19. The summed E-state index contributed by atoms with van der Waals surface area (Å²) in [7, 11) is 3.77. The van der Waals surface area contributed by atoms with Crippen LogP contribution < -0.4 is 4.74 Å². The van der Waals surface area contributed by atoms with Crippen LogP contribution in [0.5, 0.6) is 5.75 Å². The van der Waals surface area contributed by atoms with Gasteiger partial charge in [0.15, 0.2) is 0 Å². The molecule has 1 aromatic heterocycles. The standard InChI is InChI=1S/C18H21N3O2/c1-20-10-11-21(18(22)14-6-5-9-19-12-14)13-16(20)15-7-3-4-8-17(15)23-2/h3-9,12,16H,10-11,13H2,1-2H3/t16-/m0/s1. The molecule has 23 heavy (non-hydrogen) atoms. The fourth-order valence-corrected chi connectivity index (χ4v) is 3.01. The Kier molecular flexibility index (Phi) is 4.57. The third kappa shape index (κ3) is 3.19. The normalized spacial score (nSPS) is 18.7. The summed E-state index contributed by atoms with van der Waals surface area (Å²) in [6.07, 6.45) is 3.30. The highest BCUT2D eigenvalue weighted by atomic mass is 16.5. The predicted octanol–water partition coefficient (Wildman–Crippen LogP) is 2.22. The molecule has 1 fully saturated rings. The minimum absolute atomic E-state index is 0.0334. The zero-order valence-electron chi connectivity index (χ0n) is 13.5. The van der Waals surface area contributed by atoms with Crippen LogP contribution in [0.4, 0.5) is 0 Å². The molecule has 120 valence electrons. The molecule has 0 bridgehead atoms. The Labute approximate surface area is 136 Å². The summed E-state index contributed by atoms with van der Waals surface area (Å²) in [4.78, 5) is 20.9. The van der Waals surface area contributed by atoms with Gasteiger partial charge in [-0.25, -0.2) is 0 Å². The molecule has 0 radical (unpaired) electrons. The zero-order valence-corrected chi connectivity index (χ0v) is 13.5. The Hall–Kier alpha value is -2.40. The first-order valence-corrected chi connectivity index (χ1v) is 7.73. The number of hydrogen-bond acceptors (Lipinski definition) is 4. The molecule has 1 aliphatic rings. The van der Waals surface area contributed by atoms with E-state index in [9.17, 15) is 4.79 Å². The first-order chi connectivity index (χ1) is 11.2. The number of piperazine rings is 1. The minimum Gasteiger partial charge on any atom is -0.496 e. The van der Waals surface area contributed by atoms with E-state index in [4.69, 9.17) is 4.74 Å². The molecule has 1 saturated heterocycles. The van der Waals surface area contributed by atoms with E-state index in [2.05, 4.69) is 23.0 Å². The number of likely N-dealkylation sites (N-methyl/N-ethyl adjacent to an activating group) is 1. The van der Waals surface area contributed by atoms with E-state index < -0.39 is 0 Å². The minimum atomic E-state index is 0.0334. The fourth-order valence-electron chi connectivity index (χ4n) is 3.01. The molecule has 1 atom stereocenters. The van der Waals surface area contributed by atoms with E-state index in [-0.39, 0.29) is 11.9 Å². The monoisotopic (exact) mass is 311 g/mol. The van der Waals surface area contributed by atoms with Gasteiger partial charge in [0, 0.05) is 37.6 Å². The number of para-hydroxylation sites is 1. The predicted molar refractivity (Wildman–Crippen MR) is 88.5 cm³/mol. The van der Waals surface area contributed by atoms with Crippen molar-refractivity contribution in [3.63, 3.8) is 0 Å². The molecule has 0 aliphatic carbocycles. The number of methoxy groups -OCH3 is 1. The highest BCUT2D eigenvalue weighted by Crippen LogP contribution is 2.31. The summed E-state index contributed by atoms with van der Waals surface area (Å²) in [5.41, 5.74) is 1.75. The average molecular weight is 311 g/mol. The van der Waals surface area contributed by atoms with Gasteiger partial charge in [-0.3, -0.25) is 14.7 Å². The van der Waals surface area contributed by atoms with E-state index in [1.54, 1.807) is 25.6 Å². The molecule has 5 heteroatoms. The quantitative estimate of drug-likeness (QED) is 0.872. The van der Waals surface area contributed by atoms with Gasteiger partial charge in [-0.15, -0.1) is 0 Å². The maximum Gasteiger partial charge on any atom is 0.255 e.